The van der Waals surface area contributed by atoms with E-state index in [1.807, 2.05) is 6.07 Å². The van der Waals surface area contributed by atoms with Gasteiger partial charge < -0.3 is 10.2 Å². The first-order valence-corrected chi connectivity index (χ1v) is 8.35. The number of likely N-dealkylation sites (tertiary alicyclic amines) is 1. The molecule has 0 amide bonds. The summed E-state index contributed by atoms with van der Waals surface area (Å²) in [6.07, 6.45) is 6.43. The van der Waals surface area contributed by atoms with Crippen molar-refractivity contribution >= 4 is 0 Å². The Morgan fingerprint density at radius 3 is 2.81 bits per heavy atom. The molecule has 1 saturated carbocycles. The standard InChI is InChI=1S/C18H27FN2/c1-21-12-16(8-15-6-3-7-17(19)9-15)10-18(13-21)20-11-14-4-2-5-14/h3,6-7,9,14,16,18,20H,2,4-5,8,10-13H2,1H3. The number of piperidine rings is 1. The summed E-state index contributed by atoms with van der Waals surface area (Å²) in [6.45, 7) is 3.45. The van der Waals surface area contributed by atoms with E-state index in [4.69, 9.17) is 0 Å². The van der Waals surface area contributed by atoms with Crippen molar-refractivity contribution in [2.24, 2.45) is 11.8 Å². The molecule has 1 heterocycles. The van der Waals surface area contributed by atoms with E-state index in [-0.39, 0.29) is 5.82 Å². The van der Waals surface area contributed by atoms with Gasteiger partial charge in [0.05, 0.1) is 0 Å². The van der Waals surface area contributed by atoms with Gasteiger partial charge in [0, 0.05) is 19.1 Å². The summed E-state index contributed by atoms with van der Waals surface area (Å²) >= 11 is 0. The third-order valence-corrected chi connectivity index (χ3v) is 5.05. The average Bonchev–Trinajstić information content (AvgIpc) is 2.36. The second kappa shape index (κ2) is 6.89. The fourth-order valence-corrected chi connectivity index (χ4v) is 3.77. The van der Waals surface area contributed by atoms with Crippen LogP contribution in [0.4, 0.5) is 4.39 Å². The molecule has 2 aliphatic rings. The molecule has 2 unspecified atom stereocenters. The Bertz CT molecular complexity index is 458. The van der Waals surface area contributed by atoms with Gasteiger partial charge in [-0.25, -0.2) is 4.39 Å². The molecule has 1 N–H and O–H groups in total. The van der Waals surface area contributed by atoms with Crippen LogP contribution in [0.3, 0.4) is 0 Å². The van der Waals surface area contributed by atoms with E-state index in [0.29, 0.717) is 12.0 Å². The van der Waals surface area contributed by atoms with E-state index in [1.54, 1.807) is 6.07 Å². The second-order valence-corrected chi connectivity index (χ2v) is 7.06. The maximum atomic E-state index is 13.3. The van der Waals surface area contributed by atoms with E-state index < -0.39 is 0 Å². The number of likely N-dealkylation sites (N-methyl/N-ethyl adjacent to an activating group) is 1. The summed E-state index contributed by atoms with van der Waals surface area (Å²) in [4.78, 5) is 2.42. The highest BCUT2D eigenvalue weighted by atomic mass is 19.1. The lowest BCUT2D eigenvalue weighted by atomic mass is 9.84. The molecule has 1 aromatic carbocycles. The molecule has 2 atom stereocenters. The van der Waals surface area contributed by atoms with Gasteiger partial charge in [-0.1, -0.05) is 18.6 Å². The van der Waals surface area contributed by atoms with E-state index in [0.717, 1.165) is 31.0 Å². The third kappa shape index (κ3) is 4.27. The van der Waals surface area contributed by atoms with Crippen LogP contribution in [0, 0.1) is 17.7 Å². The van der Waals surface area contributed by atoms with Crippen molar-refractivity contribution in [3.05, 3.63) is 35.6 Å². The molecule has 116 valence electrons. The lowest BCUT2D eigenvalue weighted by Gasteiger charge is -2.37. The van der Waals surface area contributed by atoms with Crippen LogP contribution in [-0.2, 0) is 6.42 Å². The summed E-state index contributed by atoms with van der Waals surface area (Å²) in [5, 5.41) is 3.77. The predicted octanol–water partition coefficient (Wildman–Crippen LogP) is 3.08. The van der Waals surface area contributed by atoms with Gasteiger partial charge in [0.1, 0.15) is 5.82 Å². The lowest BCUT2D eigenvalue weighted by Crippen LogP contribution is -2.49. The lowest BCUT2D eigenvalue weighted by molar-refractivity contribution is 0.159. The largest absolute Gasteiger partial charge is 0.312 e. The molecule has 1 aliphatic heterocycles. The van der Waals surface area contributed by atoms with Crippen LogP contribution in [0.1, 0.15) is 31.2 Å². The van der Waals surface area contributed by atoms with Crippen molar-refractivity contribution < 1.29 is 4.39 Å². The molecule has 0 bridgehead atoms. The van der Waals surface area contributed by atoms with E-state index >= 15 is 0 Å². The summed E-state index contributed by atoms with van der Waals surface area (Å²) in [5.41, 5.74) is 1.13. The Morgan fingerprint density at radius 2 is 2.10 bits per heavy atom. The molecular weight excluding hydrogens is 263 g/mol. The average molecular weight is 290 g/mol. The molecule has 1 aliphatic carbocycles. The van der Waals surface area contributed by atoms with Gasteiger partial charge in [-0.3, -0.25) is 0 Å². The maximum absolute atomic E-state index is 13.3. The highest BCUT2D eigenvalue weighted by molar-refractivity contribution is 5.17. The van der Waals surface area contributed by atoms with E-state index in [2.05, 4.69) is 23.3 Å². The first kappa shape index (κ1) is 15.0. The molecule has 3 rings (SSSR count). The van der Waals surface area contributed by atoms with Crippen LogP contribution in [0.2, 0.25) is 0 Å². The van der Waals surface area contributed by atoms with Crippen LogP contribution >= 0.6 is 0 Å². The zero-order valence-electron chi connectivity index (χ0n) is 13.0. The second-order valence-electron chi connectivity index (χ2n) is 7.06. The van der Waals surface area contributed by atoms with Gasteiger partial charge in [-0.2, -0.15) is 0 Å². The normalized spacial score (nSPS) is 27.5. The topological polar surface area (TPSA) is 15.3 Å². The minimum Gasteiger partial charge on any atom is -0.312 e. The zero-order chi connectivity index (χ0) is 14.7. The molecule has 2 fully saturated rings. The monoisotopic (exact) mass is 290 g/mol. The summed E-state index contributed by atoms with van der Waals surface area (Å²) < 4.78 is 13.3. The first-order valence-electron chi connectivity index (χ1n) is 8.35. The smallest absolute Gasteiger partial charge is 0.123 e. The van der Waals surface area contributed by atoms with Gasteiger partial charge >= 0.3 is 0 Å². The van der Waals surface area contributed by atoms with Crippen LogP contribution in [-0.4, -0.2) is 37.6 Å². The molecular formula is C18H27FN2. The highest BCUT2D eigenvalue weighted by Crippen LogP contribution is 2.26. The van der Waals surface area contributed by atoms with E-state index in [9.17, 15) is 4.39 Å². The molecule has 1 aromatic rings. The Morgan fingerprint density at radius 1 is 1.24 bits per heavy atom. The minimum absolute atomic E-state index is 0.115. The number of nitrogens with one attached hydrogen (secondary N) is 1. The van der Waals surface area contributed by atoms with Crippen molar-refractivity contribution in [2.45, 2.75) is 38.1 Å². The van der Waals surface area contributed by atoms with Crippen LogP contribution < -0.4 is 5.32 Å². The number of hydrogen-bond acceptors (Lipinski definition) is 2. The SMILES string of the molecule is CN1CC(Cc2cccc(F)c2)CC(NCC2CCC2)C1. The quantitative estimate of drug-likeness (QED) is 0.896. The maximum Gasteiger partial charge on any atom is 0.123 e. The predicted molar refractivity (Wildman–Crippen MR) is 84.8 cm³/mol. The zero-order valence-corrected chi connectivity index (χ0v) is 13.0. The van der Waals surface area contributed by atoms with Gasteiger partial charge in [0.2, 0.25) is 0 Å². The summed E-state index contributed by atoms with van der Waals surface area (Å²) in [5.74, 6) is 1.43. The Labute approximate surface area is 127 Å². The Balaban J connectivity index is 1.52. The first-order chi connectivity index (χ1) is 10.2. The Kier molecular flexibility index (Phi) is 4.91. The number of nitrogens with zero attached hydrogens (tertiary/aromatic N) is 1. The van der Waals surface area contributed by atoms with Gasteiger partial charge in [0.25, 0.3) is 0 Å². The van der Waals surface area contributed by atoms with Crippen LogP contribution in [0.15, 0.2) is 24.3 Å². The fraction of sp³-hybridized carbons (Fsp3) is 0.667. The van der Waals surface area contributed by atoms with Crippen molar-refractivity contribution in [1.29, 1.82) is 0 Å². The van der Waals surface area contributed by atoms with Gasteiger partial charge in [-0.05, 0) is 68.8 Å². The molecule has 0 spiro atoms. The van der Waals surface area contributed by atoms with Crippen molar-refractivity contribution in [3.8, 4) is 0 Å². The van der Waals surface area contributed by atoms with Gasteiger partial charge in [-0.15, -0.1) is 0 Å². The van der Waals surface area contributed by atoms with Crippen LogP contribution in [0.25, 0.3) is 0 Å². The number of rotatable bonds is 5. The summed E-state index contributed by atoms with van der Waals surface area (Å²) in [7, 11) is 2.20. The molecule has 0 aromatic heterocycles. The molecule has 2 nitrogen and oxygen atoms in total. The van der Waals surface area contributed by atoms with E-state index in [1.165, 1.54) is 38.3 Å². The minimum atomic E-state index is -0.115. The molecule has 0 radical (unpaired) electrons. The molecule has 1 saturated heterocycles. The van der Waals surface area contributed by atoms with Crippen molar-refractivity contribution in [3.63, 3.8) is 0 Å². The molecule has 3 heteroatoms. The third-order valence-electron chi connectivity index (χ3n) is 5.05. The molecule has 21 heavy (non-hydrogen) atoms. The van der Waals surface area contributed by atoms with Crippen LogP contribution in [0.5, 0.6) is 0 Å². The van der Waals surface area contributed by atoms with Crippen molar-refractivity contribution in [1.82, 2.24) is 10.2 Å². The number of hydrogen-bond donors (Lipinski definition) is 1. The fourth-order valence-electron chi connectivity index (χ4n) is 3.77. The summed E-state index contributed by atoms with van der Waals surface area (Å²) in [6, 6.07) is 7.69. The van der Waals surface area contributed by atoms with Crippen molar-refractivity contribution in [2.75, 3.05) is 26.7 Å². The highest BCUT2D eigenvalue weighted by Gasteiger charge is 2.26. The Hall–Kier alpha value is -0.930. The van der Waals surface area contributed by atoms with Gasteiger partial charge in [0.15, 0.2) is 0 Å². The number of benzene rings is 1. The number of halogens is 1.